The first kappa shape index (κ1) is 19.8. The van der Waals surface area contributed by atoms with Gasteiger partial charge >= 0.3 is 0 Å². The molecule has 0 atom stereocenters. The molecule has 0 N–H and O–H groups in total. The molecule has 8 nitrogen and oxygen atoms in total. The van der Waals surface area contributed by atoms with Crippen LogP contribution >= 0.6 is 15.9 Å². The van der Waals surface area contributed by atoms with E-state index in [1.807, 2.05) is 24.3 Å². The van der Waals surface area contributed by atoms with E-state index in [-0.39, 0.29) is 18.0 Å². The molecule has 0 saturated heterocycles. The Labute approximate surface area is 180 Å². The highest BCUT2D eigenvalue weighted by atomic mass is 79.9. The molecule has 0 amide bonds. The Kier molecular flexibility index (Phi) is 5.62. The summed E-state index contributed by atoms with van der Waals surface area (Å²) in [6.07, 6.45) is 0. The average molecular weight is 469 g/mol. The molecule has 152 valence electrons. The number of hydrogen-bond acceptors (Lipinski definition) is 7. The quantitative estimate of drug-likeness (QED) is 0.424. The van der Waals surface area contributed by atoms with E-state index in [0.29, 0.717) is 28.6 Å². The van der Waals surface area contributed by atoms with Crippen molar-refractivity contribution >= 4 is 15.9 Å². The number of ether oxygens (including phenoxy) is 2. The molecule has 0 saturated carbocycles. The van der Waals surface area contributed by atoms with Crippen molar-refractivity contribution in [1.82, 2.24) is 19.9 Å². The largest absolute Gasteiger partial charge is 0.497 e. The van der Waals surface area contributed by atoms with Crippen LogP contribution in [0.2, 0.25) is 0 Å². The van der Waals surface area contributed by atoms with Gasteiger partial charge in [0.1, 0.15) is 18.0 Å². The van der Waals surface area contributed by atoms with Crippen LogP contribution in [-0.2, 0) is 6.54 Å². The van der Waals surface area contributed by atoms with Crippen LogP contribution in [0.1, 0.15) is 5.89 Å². The van der Waals surface area contributed by atoms with Crippen molar-refractivity contribution in [2.45, 2.75) is 6.54 Å². The zero-order valence-electron chi connectivity index (χ0n) is 16.2. The SMILES string of the molecule is COc1ccc(-c2noc(Cn3nc(-c4ccc(Br)cc4)ccc3=O)n2)c(OC)c1. The van der Waals surface area contributed by atoms with E-state index in [1.54, 1.807) is 38.5 Å². The summed E-state index contributed by atoms with van der Waals surface area (Å²) >= 11 is 3.41. The first-order valence-electron chi connectivity index (χ1n) is 8.96. The highest BCUT2D eigenvalue weighted by Crippen LogP contribution is 2.31. The number of methoxy groups -OCH3 is 2. The molecule has 0 radical (unpaired) electrons. The monoisotopic (exact) mass is 468 g/mol. The molecule has 30 heavy (non-hydrogen) atoms. The molecule has 2 heterocycles. The molecular weight excluding hydrogens is 452 g/mol. The Hall–Kier alpha value is -3.46. The third kappa shape index (κ3) is 4.11. The van der Waals surface area contributed by atoms with Crippen molar-refractivity contribution < 1.29 is 14.0 Å². The zero-order valence-corrected chi connectivity index (χ0v) is 17.8. The molecule has 0 spiro atoms. The minimum absolute atomic E-state index is 0.0503. The summed E-state index contributed by atoms with van der Waals surface area (Å²) in [6.45, 7) is 0.0503. The third-order valence-electron chi connectivity index (χ3n) is 4.41. The molecular formula is C21H17BrN4O4. The minimum Gasteiger partial charge on any atom is -0.497 e. The van der Waals surface area contributed by atoms with Crippen LogP contribution < -0.4 is 15.0 Å². The Bertz CT molecular complexity index is 1230. The van der Waals surface area contributed by atoms with Crippen molar-refractivity contribution in [1.29, 1.82) is 0 Å². The first-order valence-corrected chi connectivity index (χ1v) is 9.76. The molecule has 4 rings (SSSR count). The van der Waals surface area contributed by atoms with E-state index in [9.17, 15) is 4.79 Å². The van der Waals surface area contributed by atoms with Gasteiger partial charge in [-0.05, 0) is 30.3 Å². The maximum absolute atomic E-state index is 12.3. The van der Waals surface area contributed by atoms with Crippen molar-refractivity contribution in [2.24, 2.45) is 0 Å². The highest BCUT2D eigenvalue weighted by molar-refractivity contribution is 9.10. The van der Waals surface area contributed by atoms with E-state index in [1.165, 1.54) is 10.7 Å². The van der Waals surface area contributed by atoms with Gasteiger partial charge < -0.3 is 14.0 Å². The van der Waals surface area contributed by atoms with E-state index >= 15 is 0 Å². The molecule has 0 aliphatic heterocycles. The lowest BCUT2D eigenvalue weighted by molar-refractivity contribution is 0.363. The summed E-state index contributed by atoms with van der Waals surface area (Å²) in [5.74, 6) is 1.81. The maximum atomic E-state index is 12.3. The molecule has 0 unspecified atom stereocenters. The highest BCUT2D eigenvalue weighted by Gasteiger charge is 2.15. The molecule has 4 aromatic rings. The summed E-state index contributed by atoms with van der Waals surface area (Å²) in [5, 5.41) is 8.44. The number of rotatable bonds is 6. The standard InChI is InChI=1S/C21H17BrN4O4/c1-28-15-7-8-16(18(11-15)29-2)21-23-19(30-25-21)12-26-20(27)10-9-17(24-26)13-3-5-14(22)6-4-13/h3-11H,12H2,1-2H3. The van der Waals surface area contributed by atoms with Gasteiger partial charge in [-0.15, -0.1) is 0 Å². The number of benzene rings is 2. The zero-order chi connectivity index (χ0) is 21.1. The molecule has 0 fully saturated rings. The number of halogens is 1. The van der Waals surface area contributed by atoms with Crippen LogP contribution in [0.5, 0.6) is 11.5 Å². The van der Waals surface area contributed by atoms with Gasteiger partial charge in [0.05, 0.1) is 25.5 Å². The number of aromatic nitrogens is 4. The third-order valence-corrected chi connectivity index (χ3v) is 4.94. The fourth-order valence-electron chi connectivity index (χ4n) is 2.88. The number of hydrogen-bond donors (Lipinski definition) is 0. The topological polar surface area (TPSA) is 92.3 Å². The van der Waals surface area contributed by atoms with Gasteiger partial charge in [0, 0.05) is 22.2 Å². The number of nitrogens with zero attached hydrogens (tertiary/aromatic N) is 4. The van der Waals surface area contributed by atoms with Crippen LogP contribution in [-0.4, -0.2) is 34.1 Å². The van der Waals surface area contributed by atoms with Gasteiger partial charge in [-0.2, -0.15) is 10.1 Å². The van der Waals surface area contributed by atoms with E-state index in [2.05, 4.69) is 31.2 Å². The van der Waals surface area contributed by atoms with Crippen LogP contribution in [0.4, 0.5) is 0 Å². The predicted molar refractivity (Wildman–Crippen MR) is 114 cm³/mol. The van der Waals surface area contributed by atoms with E-state index in [4.69, 9.17) is 14.0 Å². The summed E-state index contributed by atoms with van der Waals surface area (Å²) in [5.41, 5.74) is 1.94. The molecule has 2 aromatic heterocycles. The lowest BCUT2D eigenvalue weighted by atomic mass is 10.1. The van der Waals surface area contributed by atoms with Crippen LogP contribution in [0.3, 0.4) is 0 Å². The molecule has 2 aromatic carbocycles. The second kappa shape index (κ2) is 8.50. The molecule has 0 bridgehead atoms. The first-order chi connectivity index (χ1) is 14.6. The van der Waals surface area contributed by atoms with Crippen molar-refractivity contribution in [3.63, 3.8) is 0 Å². The molecule has 9 heteroatoms. The van der Waals surface area contributed by atoms with Gasteiger partial charge in [0.15, 0.2) is 0 Å². The second-order valence-corrected chi connectivity index (χ2v) is 7.21. The predicted octanol–water partition coefficient (Wildman–Crippen LogP) is 3.79. The summed E-state index contributed by atoms with van der Waals surface area (Å²) in [4.78, 5) is 16.7. The van der Waals surface area contributed by atoms with Gasteiger partial charge in [0.2, 0.25) is 11.7 Å². The van der Waals surface area contributed by atoms with Crippen molar-refractivity contribution in [3.05, 3.63) is 75.3 Å². The fourth-order valence-corrected chi connectivity index (χ4v) is 3.14. The summed E-state index contributed by atoms with van der Waals surface area (Å²) in [7, 11) is 3.13. The Morgan fingerprint density at radius 1 is 1.03 bits per heavy atom. The lowest BCUT2D eigenvalue weighted by Crippen LogP contribution is -2.23. The second-order valence-electron chi connectivity index (χ2n) is 6.30. The summed E-state index contributed by atoms with van der Waals surface area (Å²) < 4.78 is 18.2. The molecule has 0 aliphatic carbocycles. The van der Waals surface area contributed by atoms with Gasteiger partial charge in [0.25, 0.3) is 5.56 Å². The Morgan fingerprint density at radius 2 is 1.83 bits per heavy atom. The smallest absolute Gasteiger partial charge is 0.267 e. The maximum Gasteiger partial charge on any atom is 0.267 e. The van der Waals surface area contributed by atoms with Gasteiger partial charge in [-0.25, -0.2) is 4.68 Å². The Balaban J connectivity index is 1.62. The van der Waals surface area contributed by atoms with Gasteiger partial charge in [-0.1, -0.05) is 33.2 Å². The average Bonchev–Trinajstić information content (AvgIpc) is 3.23. The molecule has 0 aliphatic rings. The minimum atomic E-state index is -0.266. The van der Waals surface area contributed by atoms with E-state index < -0.39 is 0 Å². The van der Waals surface area contributed by atoms with Crippen LogP contribution in [0.15, 0.2) is 68.4 Å². The normalized spacial score (nSPS) is 10.8. The van der Waals surface area contributed by atoms with Crippen LogP contribution in [0, 0.1) is 0 Å². The van der Waals surface area contributed by atoms with Crippen molar-refractivity contribution in [3.8, 4) is 34.1 Å². The lowest BCUT2D eigenvalue weighted by Gasteiger charge is -2.07. The van der Waals surface area contributed by atoms with E-state index in [0.717, 1.165) is 10.0 Å². The van der Waals surface area contributed by atoms with Gasteiger partial charge in [-0.3, -0.25) is 4.79 Å². The van der Waals surface area contributed by atoms with Crippen LogP contribution in [0.25, 0.3) is 22.6 Å². The fraction of sp³-hybridized carbons (Fsp3) is 0.143. The van der Waals surface area contributed by atoms with Crippen molar-refractivity contribution in [2.75, 3.05) is 14.2 Å². The Morgan fingerprint density at radius 3 is 2.57 bits per heavy atom. The summed E-state index contributed by atoms with van der Waals surface area (Å²) in [6, 6.07) is 16.1.